The number of benzene rings is 2. The van der Waals surface area contributed by atoms with Gasteiger partial charge in [-0.2, -0.15) is 0 Å². The van der Waals surface area contributed by atoms with Crippen molar-refractivity contribution in [2.75, 3.05) is 7.11 Å². The predicted molar refractivity (Wildman–Crippen MR) is 83.8 cm³/mol. The smallest absolute Gasteiger partial charge is 0.118 e. The Bertz CT molecular complexity index is 564. The Kier molecular flexibility index (Phi) is 5.09. The third-order valence-electron chi connectivity index (χ3n) is 2.93. The highest BCUT2D eigenvalue weighted by Gasteiger charge is 1.99. The molecule has 0 spiro atoms. The molecule has 0 aliphatic carbocycles. The van der Waals surface area contributed by atoms with Gasteiger partial charge in [-0.05, 0) is 23.3 Å². The number of hydrogen-bond acceptors (Lipinski definition) is 3. The molecular formula is C16H17NO2S. The molecule has 0 atom stereocenters. The number of methoxy groups -OCH3 is 1. The maximum Gasteiger partial charge on any atom is 0.118 e. The van der Waals surface area contributed by atoms with Gasteiger partial charge in [0.2, 0.25) is 0 Å². The molecule has 0 heterocycles. The molecular weight excluding hydrogens is 270 g/mol. The van der Waals surface area contributed by atoms with Crippen LogP contribution in [-0.4, -0.2) is 12.1 Å². The molecule has 0 fully saturated rings. The van der Waals surface area contributed by atoms with E-state index < -0.39 is 0 Å². The molecule has 0 aliphatic heterocycles. The Labute approximate surface area is 124 Å². The van der Waals surface area contributed by atoms with Crippen molar-refractivity contribution in [2.24, 2.45) is 5.73 Å². The summed E-state index contributed by atoms with van der Waals surface area (Å²) in [6.45, 7) is 1.13. The van der Waals surface area contributed by atoms with Crippen LogP contribution in [0.15, 0.2) is 48.5 Å². The van der Waals surface area contributed by atoms with Crippen molar-refractivity contribution in [3.8, 4) is 5.75 Å². The third-order valence-corrected chi connectivity index (χ3v) is 3.17. The van der Waals surface area contributed by atoms with E-state index in [1.807, 2.05) is 48.5 Å². The minimum absolute atomic E-state index is 0.413. The maximum atomic E-state index is 5.67. The zero-order chi connectivity index (χ0) is 14.4. The first kappa shape index (κ1) is 14.5. The largest absolute Gasteiger partial charge is 0.497 e. The second-order valence-electron chi connectivity index (χ2n) is 4.40. The first-order valence-corrected chi connectivity index (χ1v) is 6.69. The zero-order valence-corrected chi connectivity index (χ0v) is 12.2. The van der Waals surface area contributed by atoms with Gasteiger partial charge in [0.25, 0.3) is 0 Å². The summed E-state index contributed by atoms with van der Waals surface area (Å²) in [6, 6.07) is 15.6. The fourth-order valence-corrected chi connectivity index (χ4v) is 1.91. The van der Waals surface area contributed by atoms with E-state index >= 15 is 0 Å². The molecule has 20 heavy (non-hydrogen) atoms. The SMILES string of the molecule is COc1ccc(COCc2ccc(C(N)=S)cc2)cc1. The van der Waals surface area contributed by atoms with Crippen LogP contribution >= 0.6 is 12.2 Å². The standard InChI is InChI=1S/C16H17NO2S/c1-18-15-8-4-13(5-9-15)11-19-10-12-2-6-14(7-3-12)16(17)20/h2-9H,10-11H2,1H3,(H2,17,20). The highest BCUT2D eigenvalue weighted by Crippen LogP contribution is 2.13. The monoisotopic (exact) mass is 287 g/mol. The van der Waals surface area contributed by atoms with Crippen LogP contribution < -0.4 is 10.5 Å². The summed E-state index contributed by atoms with van der Waals surface area (Å²) in [4.78, 5) is 0.413. The molecule has 0 saturated heterocycles. The van der Waals surface area contributed by atoms with Gasteiger partial charge in [0, 0.05) is 5.56 Å². The summed E-state index contributed by atoms with van der Waals surface area (Å²) in [5.41, 5.74) is 8.64. The highest BCUT2D eigenvalue weighted by atomic mass is 32.1. The van der Waals surface area contributed by atoms with Gasteiger partial charge in [0.1, 0.15) is 10.7 Å². The first-order chi connectivity index (χ1) is 9.69. The molecule has 104 valence electrons. The second kappa shape index (κ2) is 7.03. The minimum atomic E-state index is 0.413. The molecule has 2 N–H and O–H groups in total. The molecule has 2 rings (SSSR count). The normalized spacial score (nSPS) is 10.2. The predicted octanol–water partition coefficient (Wildman–Crippen LogP) is 3.05. The summed E-state index contributed by atoms with van der Waals surface area (Å²) in [5, 5.41) is 0. The number of rotatable bonds is 6. The van der Waals surface area contributed by atoms with Crippen LogP contribution in [0, 0.1) is 0 Å². The fraction of sp³-hybridized carbons (Fsp3) is 0.188. The average Bonchev–Trinajstić information content (AvgIpc) is 2.48. The van der Waals surface area contributed by atoms with E-state index in [2.05, 4.69) is 0 Å². The van der Waals surface area contributed by atoms with Gasteiger partial charge < -0.3 is 15.2 Å². The number of hydrogen-bond donors (Lipinski definition) is 1. The lowest BCUT2D eigenvalue weighted by Gasteiger charge is -2.06. The Balaban J connectivity index is 1.84. The second-order valence-corrected chi connectivity index (χ2v) is 4.84. The van der Waals surface area contributed by atoms with Crippen LogP contribution in [0.3, 0.4) is 0 Å². The quantitative estimate of drug-likeness (QED) is 0.829. The topological polar surface area (TPSA) is 44.5 Å². The molecule has 0 radical (unpaired) electrons. The number of nitrogens with two attached hydrogens (primary N) is 1. The maximum absolute atomic E-state index is 5.67. The number of thiocarbonyl (C=S) groups is 1. The lowest BCUT2D eigenvalue weighted by Crippen LogP contribution is -2.09. The molecule has 0 amide bonds. The molecule has 3 nitrogen and oxygen atoms in total. The highest BCUT2D eigenvalue weighted by molar-refractivity contribution is 7.80. The van der Waals surface area contributed by atoms with Crippen LogP contribution in [0.5, 0.6) is 5.75 Å². The Morgan fingerprint density at radius 2 is 1.45 bits per heavy atom. The minimum Gasteiger partial charge on any atom is -0.497 e. The van der Waals surface area contributed by atoms with Crippen molar-refractivity contribution >= 4 is 17.2 Å². The molecule has 0 saturated carbocycles. The summed E-state index contributed by atoms with van der Waals surface area (Å²) >= 11 is 4.91. The van der Waals surface area contributed by atoms with Crippen molar-refractivity contribution in [1.29, 1.82) is 0 Å². The van der Waals surface area contributed by atoms with Crippen molar-refractivity contribution < 1.29 is 9.47 Å². The van der Waals surface area contributed by atoms with Gasteiger partial charge in [-0.15, -0.1) is 0 Å². The molecule has 2 aromatic rings. The van der Waals surface area contributed by atoms with Crippen molar-refractivity contribution in [3.63, 3.8) is 0 Å². The number of ether oxygens (including phenoxy) is 2. The summed E-state index contributed by atoms with van der Waals surface area (Å²) < 4.78 is 10.8. The van der Waals surface area contributed by atoms with Crippen molar-refractivity contribution in [1.82, 2.24) is 0 Å². The van der Waals surface area contributed by atoms with Crippen LogP contribution in [-0.2, 0) is 18.0 Å². The first-order valence-electron chi connectivity index (χ1n) is 6.28. The fourth-order valence-electron chi connectivity index (χ4n) is 1.77. The molecule has 0 aromatic heterocycles. The van der Waals surface area contributed by atoms with Crippen LogP contribution in [0.25, 0.3) is 0 Å². The van der Waals surface area contributed by atoms with E-state index in [4.69, 9.17) is 27.4 Å². The Morgan fingerprint density at radius 1 is 0.950 bits per heavy atom. The van der Waals surface area contributed by atoms with E-state index in [0.717, 1.165) is 22.4 Å². The van der Waals surface area contributed by atoms with Gasteiger partial charge >= 0.3 is 0 Å². The molecule has 0 unspecified atom stereocenters. The van der Waals surface area contributed by atoms with Crippen LogP contribution in [0.4, 0.5) is 0 Å². The third kappa shape index (κ3) is 4.05. The van der Waals surface area contributed by atoms with E-state index in [0.29, 0.717) is 18.2 Å². The van der Waals surface area contributed by atoms with Crippen molar-refractivity contribution in [3.05, 3.63) is 65.2 Å². The lowest BCUT2D eigenvalue weighted by atomic mass is 10.1. The van der Waals surface area contributed by atoms with Gasteiger partial charge in [-0.3, -0.25) is 0 Å². The summed E-state index contributed by atoms with van der Waals surface area (Å²) in [5.74, 6) is 0.849. The van der Waals surface area contributed by atoms with Crippen LogP contribution in [0.1, 0.15) is 16.7 Å². The van der Waals surface area contributed by atoms with Crippen molar-refractivity contribution in [2.45, 2.75) is 13.2 Å². The van der Waals surface area contributed by atoms with E-state index in [9.17, 15) is 0 Å². The zero-order valence-electron chi connectivity index (χ0n) is 11.3. The van der Waals surface area contributed by atoms with E-state index in [-0.39, 0.29) is 0 Å². The lowest BCUT2D eigenvalue weighted by molar-refractivity contribution is 0.107. The average molecular weight is 287 g/mol. The Hall–Kier alpha value is -1.91. The van der Waals surface area contributed by atoms with Gasteiger partial charge in [-0.1, -0.05) is 48.6 Å². The summed E-state index contributed by atoms with van der Waals surface area (Å²) in [6.07, 6.45) is 0. The van der Waals surface area contributed by atoms with E-state index in [1.165, 1.54) is 0 Å². The van der Waals surface area contributed by atoms with Gasteiger partial charge in [0.05, 0.1) is 20.3 Å². The summed E-state index contributed by atoms with van der Waals surface area (Å²) in [7, 11) is 1.65. The Morgan fingerprint density at radius 3 is 1.90 bits per heavy atom. The van der Waals surface area contributed by atoms with Gasteiger partial charge in [-0.25, -0.2) is 0 Å². The molecule has 0 bridgehead atoms. The molecule has 4 heteroatoms. The van der Waals surface area contributed by atoms with Crippen LogP contribution in [0.2, 0.25) is 0 Å². The van der Waals surface area contributed by atoms with E-state index in [1.54, 1.807) is 7.11 Å². The molecule has 2 aromatic carbocycles. The molecule has 0 aliphatic rings. The van der Waals surface area contributed by atoms with Gasteiger partial charge in [0.15, 0.2) is 0 Å².